The standard InChI is InChI=1S/C18H17ClN4O/c1-12-3-9-16(10-4-12)23-18(24)17(13(2)22-23)11-20-21-15-7-5-14(19)6-8-15/h3-11,20-22H,2H2,1H3. The molecule has 24 heavy (non-hydrogen) atoms. The summed E-state index contributed by atoms with van der Waals surface area (Å²) in [4.78, 5) is 12.5. The van der Waals surface area contributed by atoms with E-state index in [4.69, 9.17) is 11.6 Å². The smallest absolute Gasteiger partial charge is 0.280 e. The normalized spacial score (nSPS) is 11.5. The van der Waals surface area contributed by atoms with Gasteiger partial charge in [-0.3, -0.25) is 9.89 Å². The van der Waals surface area contributed by atoms with Crippen molar-refractivity contribution in [2.75, 3.05) is 5.43 Å². The van der Waals surface area contributed by atoms with E-state index in [0.29, 0.717) is 15.6 Å². The molecule has 0 bridgehead atoms. The van der Waals surface area contributed by atoms with Crippen LogP contribution >= 0.6 is 11.6 Å². The minimum atomic E-state index is -0.172. The van der Waals surface area contributed by atoms with Crippen LogP contribution in [0.3, 0.4) is 0 Å². The van der Waals surface area contributed by atoms with E-state index in [0.717, 1.165) is 16.9 Å². The van der Waals surface area contributed by atoms with Gasteiger partial charge in [0, 0.05) is 11.2 Å². The summed E-state index contributed by atoms with van der Waals surface area (Å²) in [5, 5.41) is 4.63. The zero-order valence-electron chi connectivity index (χ0n) is 13.1. The van der Waals surface area contributed by atoms with Gasteiger partial charge < -0.3 is 10.9 Å². The molecular formula is C18H17ClN4O. The molecule has 5 nitrogen and oxygen atoms in total. The predicted molar refractivity (Wildman–Crippen MR) is 98.6 cm³/mol. The Kier molecular flexibility index (Phi) is 4.44. The molecule has 0 fully saturated rings. The number of aromatic amines is 1. The fraction of sp³-hybridized carbons (Fsp3) is 0.0556. The van der Waals surface area contributed by atoms with Crippen LogP contribution in [-0.4, -0.2) is 9.78 Å². The highest BCUT2D eigenvalue weighted by Crippen LogP contribution is 2.12. The van der Waals surface area contributed by atoms with Crippen LogP contribution in [0.2, 0.25) is 5.02 Å². The molecule has 0 atom stereocenters. The molecule has 0 aliphatic carbocycles. The molecule has 0 saturated carbocycles. The molecule has 0 amide bonds. The summed E-state index contributed by atoms with van der Waals surface area (Å²) >= 11 is 5.84. The third kappa shape index (κ3) is 3.36. The molecule has 0 spiro atoms. The number of nitrogens with one attached hydrogen (secondary N) is 3. The summed E-state index contributed by atoms with van der Waals surface area (Å²) in [5.74, 6) is 0. The van der Waals surface area contributed by atoms with Crippen LogP contribution in [0.4, 0.5) is 5.69 Å². The topological polar surface area (TPSA) is 61.9 Å². The lowest BCUT2D eigenvalue weighted by molar-refractivity contribution is 0.838. The molecule has 0 aliphatic rings. The number of nitrogens with zero attached hydrogens (tertiary/aromatic N) is 1. The number of H-pyrrole nitrogens is 1. The number of rotatable bonds is 4. The van der Waals surface area contributed by atoms with Crippen LogP contribution < -0.4 is 27.0 Å². The van der Waals surface area contributed by atoms with E-state index in [1.807, 2.05) is 43.3 Å². The van der Waals surface area contributed by atoms with Gasteiger partial charge in [0.2, 0.25) is 0 Å². The van der Waals surface area contributed by atoms with Crippen molar-refractivity contribution in [1.82, 2.24) is 15.2 Å². The van der Waals surface area contributed by atoms with Crippen molar-refractivity contribution < 1.29 is 0 Å². The average molecular weight is 341 g/mol. The van der Waals surface area contributed by atoms with E-state index in [-0.39, 0.29) is 5.56 Å². The number of hydrogen-bond acceptors (Lipinski definition) is 3. The molecule has 1 heterocycles. The van der Waals surface area contributed by atoms with Gasteiger partial charge in [-0.25, -0.2) is 4.68 Å². The molecule has 2 aromatic carbocycles. The Hall–Kier alpha value is -2.92. The Balaban J connectivity index is 1.86. The Morgan fingerprint density at radius 2 is 1.79 bits per heavy atom. The first-order valence-electron chi connectivity index (χ1n) is 7.39. The summed E-state index contributed by atoms with van der Waals surface area (Å²) in [6, 6.07) is 14.9. The largest absolute Gasteiger partial charge is 0.307 e. The number of aryl methyl sites for hydroxylation is 1. The molecule has 3 N–H and O–H groups in total. The summed E-state index contributed by atoms with van der Waals surface area (Å²) in [7, 11) is 0. The molecule has 0 aliphatic heterocycles. The fourth-order valence-corrected chi connectivity index (χ4v) is 2.37. The van der Waals surface area contributed by atoms with Crippen LogP contribution in [0, 0.1) is 6.92 Å². The van der Waals surface area contributed by atoms with Crippen LogP contribution in [0.15, 0.2) is 53.3 Å². The van der Waals surface area contributed by atoms with Crippen molar-refractivity contribution in [1.29, 1.82) is 0 Å². The highest BCUT2D eigenvalue weighted by atomic mass is 35.5. The van der Waals surface area contributed by atoms with Gasteiger partial charge >= 0.3 is 0 Å². The van der Waals surface area contributed by atoms with Gasteiger partial charge in [0.05, 0.1) is 21.9 Å². The van der Waals surface area contributed by atoms with E-state index < -0.39 is 0 Å². The second-order valence-corrected chi connectivity index (χ2v) is 5.84. The Morgan fingerprint density at radius 1 is 1.12 bits per heavy atom. The van der Waals surface area contributed by atoms with Gasteiger partial charge in [0.25, 0.3) is 5.56 Å². The van der Waals surface area contributed by atoms with E-state index in [9.17, 15) is 4.79 Å². The first-order valence-corrected chi connectivity index (χ1v) is 7.77. The first-order chi connectivity index (χ1) is 11.5. The van der Waals surface area contributed by atoms with E-state index in [1.165, 1.54) is 4.68 Å². The lowest BCUT2D eigenvalue weighted by Gasteiger charge is -2.04. The molecule has 6 heteroatoms. The molecule has 0 radical (unpaired) electrons. The number of benzene rings is 2. The molecule has 122 valence electrons. The number of aromatic nitrogens is 2. The molecular weight excluding hydrogens is 324 g/mol. The molecule has 0 unspecified atom stereocenters. The minimum absolute atomic E-state index is 0.172. The Bertz CT molecular complexity index is 1000. The zero-order chi connectivity index (χ0) is 17.1. The van der Waals surface area contributed by atoms with Crippen molar-refractivity contribution in [2.45, 2.75) is 6.92 Å². The van der Waals surface area contributed by atoms with Crippen LogP contribution in [0.1, 0.15) is 5.56 Å². The van der Waals surface area contributed by atoms with Gasteiger partial charge in [-0.1, -0.05) is 35.9 Å². The second kappa shape index (κ2) is 6.68. The lowest BCUT2D eigenvalue weighted by atomic mass is 10.2. The number of hydrazine groups is 1. The van der Waals surface area contributed by atoms with Crippen LogP contribution in [0.5, 0.6) is 0 Å². The van der Waals surface area contributed by atoms with Gasteiger partial charge in [-0.2, -0.15) is 0 Å². The number of anilines is 1. The third-order valence-electron chi connectivity index (χ3n) is 3.57. The monoisotopic (exact) mass is 340 g/mol. The SMILES string of the molecule is C=c1[nH]n(-c2ccc(C)cc2)c(=O)c1=CNNc1ccc(Cl)cc1. The lowest BCUT2D eigenvalue weighted by Crippen LogP contribution is -2.37. The summed E-state index contributed by atoms with van der Waals surface area (Å²) in [5.41, 5.74) is 8.43. The quantitative estimate of drug-likeness (QED) is 0.636. The molecule has 1 aromatic heterocycles. The maximum absolute atomic E-state index is 12.5. The number of halogens is 1. The summed E-state index contributed by atoms with van der Waals surface area (Å²) in [6.45, 7) is 5.89. The van der Waals surface area contributed by atoms with E-state index in [1.54, 1.807) is 18.3 Å². The molecule has 0 saturated heterocycles. The van der Waals surface area contributed by atoms with Crippen molar-refractivity contribution in [3.63, 3.8) is 0 Å². The maximum atomic E-state index is 12.5. The highest BCUT2D eigenvalue weighted by Gasteiger charge is 2.04. The maximum Gasteiger partial charge on any atom is 0.280 e. The van der Waals surface area contributed by atoms with Crippen LogP contribution in [-0.2, 0) is 0 Å². The minimum Gasteiger partial charge on any atom is -0.307 e. The summed E-state index contributed by atoms with van der Waals surface area (Å²) in [6.07, 6.45) is 1.58. The van der Waals surface area contributed by atoms with Crippen molar-refractivity contribution in [3.8, 4) is 5.69 Å². The molecule has 3 aromatic rings. The number of hydrogen-bond donors (Lipinski definition) is 3. The van der Waals surface area contributed by atoms with E-state index >= 15 is 0 Å². The second-order valence-electron chi connectivity index (χ2n) is 5.40. The van der Waals surface area contributed by atoms with Crippen LogP contribution in [0.25, 0.3) is 18.5 Å². The van der Waals surface area contributed by atoms with Gasteiger partial charge in [0.15, 0.2) is 0 Å². The van der Waals surface area contributed by atoms with Gasteiger partial charge in [-0.05, 0) is 43.3 Å². The highest BCUT2D eigenvalue weighted by molar-refractivity contribution is 6.30. The van der Waals surface area contributed by atoms with Crippen molar-refractivity contribution in [2.24, 2.45) is 0 Å². The fourth-order valence-electron chi connectivity index (χ4n) is 2.24. The zero-order valence-corrected chi connectivity index (χ0v) is 13.9. The van der Waals surface area contributed by atoms with Gasteiger partial charge in [-0.15, -0.1) is 0 Å². The van der Waals surface area contributed by atoms with Crippen molar-refractivity contribution >= 4 is 30.1 Å². The third-order valence-corrected chi connectivity index (χ3v) is 3.83. The Labute approximate surface area is 143 Å². The summed E-state index contributed by atoms with van der Waals surface area (Å²) < 4.78 is 1.47. The average Bonchev–Trinajstić information content (AvgIpc) is 2.85. The predicted octanol–water partition coefficient (Wildman–Crippen LogP) is 1.89. The van der Waals surface area contributed by atoms with E-state index in [2.05, 4.69) is 22.5 Å². The molecule has 3 rings (SSSR count). The Morgan fingerprint density at radius 3 is 2.46 bits per heavy atom. The van der Waals surface area contributed by atoms with Gasteiger partial charge in [0.1, 0.15) is 0 Å². The first kappa shape index (κ1) is 16.0. The van der Waals surface area contributed by atoms with Crippen molar-refractivity contribution in [3.05, 3.63) is 80.0 Å².